The van der Waals surface area contributed by atoms with Gasteiger partial charge in [-0.05, 0) is 26.3 Å². The summed E-state index contributed by atoms with van der Waals surface area (Å²) in [6, 6.07) is 4.97. The minimum atomic E-state index is -0.848. The third kappa shape index (κ3) is 3.27. The number of nitro benzene ring substituents is 1. The standard InChI is InChI=1S/C12H17N3O3/c1-8-4-5-9(6-10(8)15(17)18)7-14-12(2,3)11(13)16/h4-6,14H,7H2,1-3H3,(H2,13,16). The van der Waals surface area contributed by atoms with Crippen LogP contribution >= 0.6 is 0 Å². The number of aryl methyl sites for hydroxylation is 1. The molecule has 6 heteroatoms. The first-order valence-corrected chi connectivity index (χ1v) is 5.53. The second-order valence-corrected chi connectivity index (χ2v) is 4.72. The molecule has 1 rings (SSSR count). The lowest BCUT2D eigenvalue weighted by Gasteiger charge is -2.22. The smallest absolute Gasteiger partial charge is 0.272 e. The van der Waals surface area contributed by atoms with Crippen LogP contribution in [0.1, 0.15) is 25.0 Å². The minimum absolute atomic E-state index is 0.0752. The highest BCUT2D eigenvalue weighted by molar-refractivity contribution is 5.83. The van der Waals surface area contributed by atoms with Crippen LogP contribution in [0.5, 0.6) is 0 Å². The number of amides is 1. The van der Waals surface area contributed by atoms with E-state index < -0.39 is 16.4 Å². The number of nitrogens with zero attached hydrogens (tertiary/aromatic N) is 1. The molecule has 98 valence electrons. The van der Waals surface area contributed by atoms with Crippen LogP contribution in [0.25, 0.3) is 0 Å². The van der Waals surface area contributed by atoms with E-state index in [0.717, 1.165) is 5.56 Å². The average molecular weight is 251 g/mol. The molecule has 0 atom stereocenters. The van der Waals surface area contributed by atoms with Gasteiger partial charge in [-0.2, -0.15) is 0 Å². The molecule has 1 aromatic carbocycles. The van der Waals surface area contributed by atoms with E-state index in [1.54, 1.807) is 32.9 Å². The largest absolute Gasteiger partial charge is 0.368 e. The van der Waals surface area contributed by atoms with Crippen molar-refractivity contribution >= 4 is 11.6 Å². The van der Waals surface area contributed by atoms with Gasteiger partial charge in [-0.25, -0.2) is 0 Å². The fourth-order valence-electron chi connectivity index (χ4n) is 1.37. The number of nitrogens with two attached hydrogens (primary N) is 1. The number of rotatable bonds is 5. The Balaban J connectivity index is 2.84. The van der Waals surface area contributed by atoms with Crippen LogP contribution in [0.4, 0.5) is 5.69 Å². The molecule has 0 saturated carbocycles. The molecular weight excluding hydrogens is 234 g/mol. The molecule has 0 aliphatic rings. The van der Waals surface area contributed by atoms with Crippen LogP contribution in [-0.4, -0.2) is 16.4 Å². The summed E-state index contributed by atoms with van der Waals surface area (Å²) >= 11 is 0. The Kier molecular flexibility index (Phi) is 4.03. The van der Waals surface area contributed by atoms with Crippen molar-refractivity contribution in [2.24, 2.45) is 5.73 Å². The number of benzene rings is 1. The third-order valence-corrected chi connectivity index (χ3v) is 2.82. The van der Waals surface area contributed by atoms with E-state index in [2.05, 4.69) is 5.32 Å². The Hall–Kier alpha value is -1.95. The molecule has 0 unspecified atom stereocenters. The van der Waals surface area contributed by atoms with E-state index in [4.69, 9.17) is 5.73 Å². The average Bonchev–Trinajstić information content (AvgIpc) is 2.27. The van der Waals surface area contributed by atoms with Crippen molar-refractivity contribution in [3.63, 3.8) is 0 Å². The molecule has 3 N–H and O–H groups in total. The summed E-state index contributed by atoms with van der Waals surface area (Å²) in [6.45, 7) is 5.36. The zero-order chi connectivity index (χ0) is 13.9. The summed E-state index contributed by atoms with van der Waals surface area (Å²) in [5, 5.41) is 13.8. The molecule has 0 aliphatic carbocycles. The monoisotopic (exact) mass is 251 g/mol. The van der Waals surface area contributed by atoms with Crippen molar-refractivity contribution in [3.8, 4) is 0 Å². The van der Waals surface area contributed by atoms with Crippen molar-refractivity contribution in [2.45, 2.75) is 32.9 Å². The van der Waals surface area contributed by atoms with Crippen LogP contribution in [0.15, 0.2) is 18.2 Å². The maximum Gasteiger partial charge on any atom is 0.272 e. The second-order valence-electron chi connectivity index (χ2n) is 4.72. The first-order valence-electron chi connectivity index (χ1n) is 5.53. The second kappa shape index (κ2) is 5.14. The van der Waals surface area contributed by atoms with E-state index in [-0.39, 0.29) is 5.69 Å². The van der Waals surface area contributed by atoms with Gasteiger partial charge < -0.3 is 5.73 Å². The van der Waals surface area contributed by atoms with E-state index in [1.165, 1.54) is 6.07 Å². The lowest BCUT2D eigenvalue weighted by atomic mass is 10.0. The van der Waals surface area contributed by atoms with Gasteiger partial charge in [-0.1, -0.05) is 12.1 Å². The molecule has 1 amide bonds. The number of hydrogen-bond acceptors (Lipinski definition) is 4. The molecule has 0 aromatic heterocycles. The number of nitro groups is 1. The summed E-state index contributed by atoms with van der Waals surface area (Å²) in [5.74, 6) is -0.468. The van der Waals surface area contributed by atoms with E-state index in [9.17, 15) is 14.9 Å². The van der Waals surface area contributed by atoms with Gasteiger partial charge in [0, 0.05) is 18.2 Å². The maximum absolute atomic E-state index is 11.1. The predicted molar refractivity (Wildman–Crippen MR) is 67.9 cm³/mol. The van der Waals surface area contributed by atoms with E-state index in [0.29, 0.717) is 12.1 Å². The highest BCUT2D eigenvalue weighted by atomic mass is 16.6. The molecule has 0 radical (unpaired) electrons. The SMILES string of the molecule is Cc1ccc(CNC(C)(C)C(N)=O)cc1[N+](=O)[O-]. The first-order chi connectivity index (χ1) is 8.24. The van der Waals surface area contributed by atoms with Gasteiger partial charge in [-0.15, -0.1) is 0 Å². The molecule has 0 spiro atoms. The molecule has 0 aliphatic heterocycles. The Morgan fingerprint density at radius 3 is 2.61 bits per heavy atom. The predicted octanol–water partition coefficient (Wildman–Crippen LogP) is 1.26. The zero-order valence-corrected chi connectivity index (χ0v) is 10.7. The normalized spacial score (nSPS) is 11.3. The van der Waals surface area contributed by atoms with E-state index in [1.807, 2.05) is 0 Å². The highest BCUT2D eigenvalue weighted by Crippen LogP contribution is 2.19. The molecule has 6 nitrogen and oxygen atoms in total. The first kappa shape index (κ1) is 14.1. The summed E-state index contributed by atoms with van der Waals surface area (Å²) < 4.78 is 0. The summed E-state index contributed by atoms with van der Waals surface area (Å²) in [6.07, 6.45) is 0. The molecular formula is C12H17N3O3. The van der Waals surface area contributed by atoms with Gasteiger partial charge in [0.1, 0.15) is 0 Å². The topological polar surface area (TPSA) is 98.3 Å². The number of carbonyl (C=O) groups is 1. The highest BCUT2D eigenvalue weighted by Gasteiger charge is 2.24. The van der Waals surface area contributed by atoms with Gasteiger partial charge in [0.25, 0.3) is 5.69 Å². The maximum atomic E-state index is 11.1. The van der Waals surface area contributed by atoms with Crippen LogP contribution in [0, 0.1) is 17.0 Å². The number of nitrogens with one attached hydrogen (secondary N) is 1. The Morgan fingerprint density at radius 1 is 1.50 bits per heavy atom. The van der Waals surface area contributed by atoms with Crippen LogP contribution in [-0.2, 0) is 11.3 Å². The van der Waals surface area contributed by atoms with Gasteiger partial charge in [0.05, 0.1) is 10.5 Å². The quantitative estimate of drug-likeness (QED) is 0.608. The lowest BCUT2D eigenvalue weighted by Crippen LogP contribution is -2.50. The van der Waals surface area contributed by atoms with Gasteiger partial charge in [-0.3, -0.25) is 20.2 Å². The minimum Gasteiger partial charge on any atom is -0.368 e. The van der Waals surface area contributed by atoms with Gasteiger partial charge in [0.15, 0.2) is 0 Å². The van der Waals surface area contributed by atoms with Gasteiger partial charge in [0.2, 0.25) is 5.91 Å². The van der Waals surface area contributed by atoms with Crippen LogP contribution < -0.4 is 11.1 Å². The Bertz CT molecular complexity index is 483. The molecule has 0 fully saturated rings. The zero-order valence-electron chi connectivity index (χ0n) is 10.7. The van der Waals surface area contributed by atoms with Crippen molar-refractivity contribution < 1.29 is 9.72 Å². The third-order valence-electron chi connectivity index (χ3n) is 2.82. The molecule has 0 heterocycles. The van der Waals surface area contributed by atoms with Crippen molar-refractivity contribution in [3.05, 3.63) is 39.4 Å². The number of hydrogen-bond donors (Lipinski definition) is 2. The Morgan fingerprint density at radius 2 is 2.11 bits per heavy atom. The molecule has 1 aromatic rings. The number of carbonyl (C=O) groups excluding carboxylic acids is 1. The molecule has 0 bridgehead atoms. The lowest BCUT2D eigenvalue weighted by molar-refractivity contribution is -0.385. The van der Waals surface area contributed by atoms with Crippen molar-refractivity contribution in [1.29, 1.82) is 0 Å². The van der Waals surface area contributed by atoms with Gasteiger partial charge >= 0.3 is 0 Å². The fraction of sp³-hybridized carbons (Fsp3) is 0.417. The van der Waals surface area contributed by atoms with Crippen LogP contribution in [0.2, 0.25) is 0 Å². The summed E-state index contributed by atoms with van der Waals surface area (Å²) in [4.78, 5) is 21.5. The van der Waals surface area contributed by atoms with Crippen molar-refractivity contribution in [1.82, 2.24) is 5.32 Å². The summed E-state index contributed by atoms with van der Waals surface area (Å²) in [5.41, 5.74) is 5.80. The van der Waals surface area contributed by atoms with E-state index >= 15 is 0 Å². The molecule has 0 saturated heterocycles. The molecule has 18 heavy (non-hydrogen) atoms. The fourth-order valence-corrected chi connectivity index (χ4v) is 1.37. The Labute approximate surface area is 105 Å². The van der Waals surface area contributed by atoms with Crippen LogP contribution in [0.3, 0.4) is 0 Å². The summed E-state index contributed by atoms with van der Waals surface area (Å²) in [7, 11) is 0. The van der Waals surface area contributed by atoms with Crippen molar-refractivity contribution in [2.75, 3.05) is 0 Å². The number of primary amides is 1.